The van der Waals surface area contributed by atoms with Gasteiger partial charge in [0.05, 0.1) is 24.1 Å². The minimum Gasteiger partial charge on any atom is -0.469 e. The van der Waals surface area contributed by atoms with Crippen molar-refractivity contribution in [3.63, 3.8) is 0 Å². The van der Waals surface area contributed by atoms with E-state index in [1.807, 2.05) is 30.3 Å². The molecule has 40 heavy (non-hydrogen) atoms. The molecular weight excluding hydrogens is 564 g/mol. The zero-order chi connectivity index (χ0) is 28.3. The first-order valence-corrected chi connectivity index (χ1v) is 14.8. The summed E-state index contributed by atoms with van der Waals surface area (Å²) in [5.74, 6) is 0.651. The van der Waals surface area contributed by atoms with Crippen LogP contribution in [0.5, 0.6) is 11.6 Å². The van der Waals surface area contributed by atoms with E-state index in [0.717, 1.165) is 5.56 Å². The van der Waals surface area contributed by atoms with Crippen LogP contribution in [0, 0.1) is 0 Å². The summed E-state index contributed by atoms with van der Waals surface area (Å²) in [6.45, 7) is -0.763. The number of aromatic nitrogens is 3. The van der Waals surface area contributed by atoms with Crippen LogP contribution in [0.15, 0.2) is 83.6 Å². The quantitative estimate of drug-likeness (QED) is 0.128. The summed E-state index contributed by atoms with van der Waals surface area (Å²) in [7, 11) is -9.61. The van der Waals surface area contributed by atoms with Gasteiger partial charge in [-0.05, 0) is 29.8 Å². The number of imidazole rings is 1. The van der Waals surface area contributed by atoms with E-state index in [0.29, 0.717) is 40.5 Å². The van der Waals surface area contributed by atoms with Crippen LogP contribution in [-0.4, -0.2) is 40.7 Å². The van der Waals surface area contributed by atoms with Crippen LogP contribution in [0.4, 0.5) is 0 Å². The van der Waals surface area contributed by atoms with Gasteiger partial charge in [-0.2, -0.15) is 0 Å². The van der Waals surface area contributed by atoms with E-state index in [-0.39, 0.29) is 18.1 Å². The molecule has 0 radical (unpaired) electrons. The summed E-state index contributed by atoms with van der Waals surface area (Å²) in [6, 6.07) is 19.1. The molecule has 5 rings (SSSR count). The van der Waals surface area contributed by atoms with Gasteiger partial charge in [0.25, 0.3) is 0 Å². The summed E-state index contributed by atoms with van der Waals surface area (Å²) < 4.78 is 44.6. The van der Waals surface area contributed by atoms with E-state index in [1.54, 1.807) is 34.9 Å². The summed E-state index contributed by atoms with van der Waals surface area (Å²) in [6.07, 6.45) is 3.67. The Morgan fingerprint density at radius 3 is 2.35 bits per heavy atom. The second kappa shape index (κ2) is 11.4. The molecule has 0 aliphatic heterocycles. The Hall–Kier alpha value is -3.80. The van der Waals surface area contributed by atoms with Gasteiger partial charge >= 0.3 is 15.6 Å². The van der Waals surface area contributed by atoms with Gasteiger partial charge in [-0.25, -0.2) is 23.6 Å². The monoisotopic (exact) mass is 587 g/mol. The number of phosphoric ester groups is 2. The first-order chi connectivity index (χ1) is 19.0. The zero-order valence-corrected chi connectivity index (χ0v) is 22.4. The highest BCUT2D eigenvalue weighted by molar-refractivity contribution is 7.46. The summed E-state index contributed by atoms with van der Waals surface area (Å²) in [4.78, 5) is 46.3. The van der Waals surface area contributed by atoms with Crippen LogP contribution in [0.1, 0.15) is 22.7 Å². The molecular formula is C25H23N3O10P2. The van der Waals surface area contributed by atoms with E-state index >= 15 is 0 Å². The highest BCUT2D eigenvalue weighted by atomic mass is 31.2. The predicted octanol–water partition coefficient (Wildman–Crippen LogP) is 4.09. The van der Waals surface area contributed by atoms with Gasteiger partial charge in [0.15, 0.2) is 5.65 Å². The molecule has 0 saturated heterocycles. The third-order valence-electron chi connectivity index (χ3n) is 5.61. The molecule has 0 aliphatic carbocycles. The number of furan rings is 1. The Balaban J connectivity index is 1.66. The van der Waals surface area contributed by atoms with Crippen molar-refractivity contribution in [2.45, 2.75) is 12.8 Å². The largest absolute Gasteiger partial charge is 0.524 e. The lowest BCUT2D eigenvalue weighted by Gasteiger charge is -2.12. The number of phosphoric acid groups is 2. The number of nitrogens with zero attached hydrogens (tertiary/aromatic N) is 3. The van der Waals surface area contributed by atoms with Crippen LogP contribution >= 0.6 is 15.6 Å². The molecule has 0 aliphatic rings. The van der Waals surface area contributed by atoms with Crippen molar-refractivity contribution in [3.05, 3.63) is 102 Å². The Bertz CT molecular complexity index is 1710. The molecule has 0 amide bonds. The molecule has 0 atom stereocenters. The van der Waals surface area contributed by atoms with Gasteiger partial charge in [-0.3, -0.25) is 14.2 Å². The highest BCUT2D eigenvalue weighted by Gasteiger charge is 2.23. The highest BCUT2D eigenvalue weighted by Crippen LogP contribution is 2.39. The molecule has 2 aromatic carbocycles. The lowest BCUT2D eigenvalue weighted by Crippen LogP contribution is -2.06. The Labute approximate surface area is 227 Å². The molecule has 15 heteroatoms. The van der Waals surface area contributed by atoms with Gasteiger partial charge in [0, 0.05) is 18.2 Å². The maximum Gasteiger partial charge on any atom is 0.524 e. The van der Waals surface area contributed by atoms with Gasteiger partial charge in [-0.1, -0.05) is 42.5 Å². The van der Waals surface area contributed by atoms with Gasteiger partial charge < -0.3 is 23.5 Å². The third kappa shape index (κ3) is 7.04. The fourth-order valence-corrected chi connectivity index (χ4v) is 4.61. The Kier molecular flexibility index (Phi) is 7.88. The maximum absolute atomic E-state index is 11.4. The fourth-order valence-electron chi connectivity index (χ4n) is 4.03. The van der Waals surface area contributed by atoms with Crippen LogP contribution < -0.4 is 9.26 Å². The summed E-state index contributed by atoms with van der Waals surface area (Å²) in [5.41, 5.74) is 3.16. The smallest absolute Gasteiger partial charge is 0.469 e. The number of rotatable bonds is 11. The molecule has 0 spiro atoms. The average Bonchev–Trinajstić information content (AvgIpc) is 3.52. The number of benzene rings is 2. The van der Waals surface area contributed by atoms with Crippen LogP contribution in [0.25, 0.3) is 16.9 Å². The van der Waals surface area contributed by atoms with Crippen molar-refractivity contribution in [1.82, 2.24) is 14.4 Å². The van der Waals surface area contributed by atoms with Gasteiger partial charge in [-0.15, -0.1) is 0 Å². The lowest BCUT2D eigenvalue weighted by atomic mass is 10.1. The summed E-state index contributed by atoms with van der Waals surface area (Å²) in [5, 5.41) is 0. The molecule has 0 saturated carbocycles. The first-order valence-electron chi connectivity index (χ1n) is 11.7. The number of hydrogen-bond acceptors (Lipinski definition) is 8. The van der Waals surface area contributed by atoms with E-state index in [9.17, 15) is 18.9 Å². The van der Waals surface area contributed by atoms with E-state index in [4.69, 9.17) is 33.4 Å². The van der Waals surface area contributed by atoms with Crippen molar-refractivity contribution in [1.29, 1.82) is 0 Å². The van der Waals surface area contributed by atoms with Crippen molar-refractivity contribution in [2.24, 2.45) is 0 Å². The molecule has 3 heterocycles. The average molecular weight is 587 g/mol. The molecule has 4 N–H and O–H groups in total. The lowest BCUT2D eigenvalue weighted by molar-refractivity contribution is 0.0781. The van der Waals surface area contributed by atoms with E-state index in [2.05, 4.69) is 4.52 Å². The third-order valence-corrected chi connectivity index (χ3v) is 6.50. The van der Waals surface area contributed by atoms with Gasteiger partial charge in [0.1, 0.15) is 17.2 Å². The Morgan fingerprint density at radius 1 is 0.850 bits per heavy atom. The van der Waals surface area contributed by atoms with Crippen molar-refractivity contribution in [2.75, 3.05) is 6.79 Å². The second-order valence-corrected chi connectivity index (χ2v) is 10.9. The molecule has 0 unspecified atom stereocenters. The molecule has 5 aromatic rings. The molecule has 208 valence electrons. The van der Waals surface area contributed by atoms with Crippen molar-refractivity contribution < 1.29 is 46.9 Å². The first kappa shape index (κ1) is 27.8. The molecule has 3 aromatic heterocycles. The second-order valence-electron chi connectivity index (χ2n) is 8.54. The summed E-state index contributed by atoms with van der Waals surface area (Å²) >= 11 is 0. The number of fused-ring (bicyclic) bond motifs is 1. The normalized spacial score (nSPS) is 12.1. The van der Waals surface area contributed by atoms with Crippen LogP contribution in [0.3, 0.4) is 0 Å². The standard InChI is InChI=1S/C25H23N3O10P2/c29-39(30,31)37-16-36-25-22(14-19-10-5-11-35-19)27-24-21(12-17-6-2-1-3-7-17)26-23(15-28(24)25)18-8-4-9-20(13-18)38-40(32,33)34/h1-11,13,15H,12,14,16H2,(H2,29,30,31)(H2,32,33,34). The van der Waals surface area contributed by atoms with Crippen molar-refractivity contribution >= 4 is 21.3 Å². The van der Waals surface area contributed by atoms with E-state index in [1.165, 1.54) is 18.4 Å². The Morgan fingerprint density at radius 2 is 1.65 bits per heavy atom. The molecule has 13 nitrogen and oxygen atoms in total. The predicted molar refractivity (Wildman–Crippen MR) is 140 cm³/mol. The molecule has 0 bridgehead atoms. The number of ether oxygens (including phenoxy) is 1. The molecule has 0 fully saturated rings. The fraction of sp³-hybridized carbons (Fsp3) is 0.120. The minimum atomic E-state index is -4.81. The zero-order valence-electron chi connectivity index (χ0n) is 20.6. The maximum atomic E-state index is 11.4. The SMILES string of the molecule is O=P(O)(O)OCOc1c(Cc2ccco2)nc2c(Cc3ccccc3)nc(-c3cccc(OP(=O)(O)O)c3)cn12. The van der Waals surface area contributed by atoms with E-state index < -0.39 is 22.4 Å². The minimum absolute atomic E-state index is 0.0620. The van der Waals surface area contributed by atoms with Crippen LogP contribution in [0.2, 0.25) is 0 Å². The van der Waals surface area contributed by atoms with Crippen LogP contribution in [-0.2, 0) is 26.5 Å². The van der Waals surface area contributed by atoms with Crippen molar-refractivity contribution in [3.8, 4) is 22.9 Å². The topological polar surface area (TPSA) is 186 Å². The number of hydrogen-bond donors (Lipinski definition) is 4. The van der Waals surface area contributed by atoms with Gasteiger partial charge in [0.2, 0.25) is 12.7 Å².